The van der Waals surface area contributed by atoms with Gasteiger partial charge in [0.05, 0.1) is 4.90 Å². The van der Waals surface area contributed by atoms with Crippen LogP contribution < -0.4 is 5.14 Å². The molecule has 0 aliphatic rings. The molecule has 28 heavy (non-hydrogen) atoms. The first kappa shape index (κ1) is 19.5. The number of Topliss-reactive ketones (excluding diaryl/α,β-unsaturated/α-hetero) is 1. The van der Waals surface area contributed by atoms with Gasteiger partial charge in [-0.05, 0) is 50.2 Å². The number of esters is 1. The van der Waals surface area contributed by atoms with Crippen molar-refractivity contribution >= 4 is 21.8 Å². The van der Waals surface area contributed by atoms with Gasteiger partial charge in [0.25, 0.3) is 0 Å². The molecule has 0 amide bonds. The van der Waals surface area contributed by atoms with Crippen molar-refractivity contribution in [3.8, 4) is 5.69 Å². The van der Waals surface area contributed by atoms with E-state index in [2.05, 4.69) is 10.2 Å². The maximum atomic E-state index is 12.5. The standard InChI is InChI=1S/C18H18N4O5S/c1-11-9-15(17(23)10-27-18(24)16-7-8-20-21-16)12(2)22(11)13-3-5-14(6-4-13)28(19,25)26/h3-9H,10H2,1-2H3,(H,20,21)(H2,19,25,26). The number of primary sulfonamides is 1. The van der Waals surface area contributed by atoms with Crippen molar-refractivity contribution in [3.05, 3.63) is 65.2 Å². The smallest absolute Gasteiger partial charge is 0.356 e. The van der Waals surface area contributed by atoms with Crippen molar-refractivity contribution in [3.63, 3.8) is 0 Å². The van der Waals surface area contributed by atoms with Crippen LogP contribution in [-0.4, -0.2) is 41.5 Å². The number of ether oxygens (including phenoxy) is 1. The van der Waals surface area contributed by atoms with E-state index >= 15 is 0 Å². The van der Waals surface area contributed by atoms with Gasteiger partial charge < -0.3 is 9.30 Å². The Labute approximate surface area is 161 Å². The van der Waals surface area contributed by atoms with Crippen molar-refractivity contribution in [2.24, 2.45) is 5.14 Å². The average Bonchev–Trinajstić information content (AvgIpc) is 3.27. The zero-order chi connectivity index (χ0) is 20.5. The monoisotopic (exact) mass is 402 g/mol. The molecule has 0 fully saturated rings. The van der Waals surface area contributed by atoms with Crippen LogP contribution in [0.2, 0.25) is 0 Å². The van der Waals surface area contributed by atoms with Crippen LogP contribution in [0.3, 0.4) is 0 Å². The Morgan fingerprint density at radius 2 is 1.86 bits per heavy atom. The molecule has 3 aromatic rings. The number of rotatable bonds is 6. The Morgan fingerprint density at radius 1 is 1.18 bits per heavy atom. The summed E-state index contributed by atoms with van der Waals surface area (Å²) >= 11 is 0. The molecule has 0 unspecified atom stereocenters. The van der Waals surface area contributed by atoms with Crippen LogP contribution in [0.15, 0.2) is 47.5 Å². The van der Waals surface area contributed by atoms with Gasteiger partial charge in [0, 0.05) is 28.8 Å². The number of ketones is 1. The second-order valence-corrected chi connectivity index (χ2v) is 7.69. The number of carbonyl (C=O) groups is 2. The number of carbonyl (C=O) groups excluding carboxylic acids is 2. The number of hydrogen-bond donors (Lipinski definition) is 2. The van der Waals surface area contributed by atoms with Crippen LogP contribution in [0.5, 0.6) is 0 Å². The normalized spacial score (nSPS) is 11.4. The van der Waals surface area contributed by atoms with Gasteiger partial charge in [0.15, 0.2) is 6.61 Å². The minimum Gasteiger partial charge on any atom is -0.453 e. The second kappa shape index (κ2) is 7.41. The number of nitrogens with zero attached hydrogens (tertiary/aromatic N) is 2. The van der Waals surface area contributed by atoms with Gasteiger partial charge in [-0.25, -0.2) is 18.4 Å². The Kier molecular flexibility index (Phi) is 5.16. The number of nitrogens with one attached hydrogen (secondary N) is 1. The number of H-pyrrole nitrogens is 1. The number of nitrogens with two attached hydrogens (primary N) is 1. The van der Waals surface area contributed by atoms with Gasteiger partial charge in [-0.15, -0.1) is 0 Å². The lowest BCUT2D eigenvalue weighted by molar-refractivity contribution is 0.0468. The summed E-state index contributed by atoms with van der Waals surface area (Å²) < 4.78 is 29.6. The zero-order valence-corrected chi connectivity index (χ0v) is 16.0. The van der Waals surface area contributed by atoms with Crippen LogP contribution in [0.4, 0.5) is 0 Å². The van der Waals surface area contributed by atoms with Crippen molar-refractivity contribution in [2.75, 3.05) is 6.61 Å². The molecule has 2 heterocycles. The average molecular weight is 402 g/mol. The quantitative estimate of drug-likeness (QED) is 0.473. The molecule has 146 valence electrons. The lowest BCUT2D eigenvalue weighted by Crippen LogP contribution is -2.15. The fourth-order valence-electron chi connectivity index (χ4n) is 2.88. The van der Waals surface area contributed by atoms with Gasteiger partial charge >= 0.3 is 5.97 Å². The summed E-state index contributed by atoms with van der Waals surface area (Å²) in [4.78, 5) is 24.3. The maximum absolute atomic E-state index is 12.5. The van der Waals surface area contributed by atoms with Gasteiger partial charge in [-0.2, -0.15) is 5.10 Å². The molecule has 9 nitrogen and oxygen atoms in total. The molecule has 0 saturated heterocycles. The van der Waals surface area contributed by atoms with Crippen molar-refractivity contribution in [1.29, 1.82) is 0 Å². The van der Waals surface area contributed by atoms with Crippen LogP contribution in [0.1, 0.15) is 32.2 Å². The van der Waals surface area contributed by atoms with Crippen molar-refractivity contribution in [2.45, 2.75) is 18.7 Å². The molecule has 3 rings (SSSR count). The maximum Gasteiger partial charge on any atom is 0.356 e. The van der Waals surface area contributed by atoms with E-state index in [-0.39, 0.29) is 16.4 Å². The fourth-order valence-corrected chi connectivity index (χ4v) is 3.40. The molecule has 1 aromatic carbocycles. The predicted octanol–water partition coefficient (Wildman–Crippen LogP) is 1.50. The van der Waals surface area contributed by atoms with Crippen molar-refractivity contribution in [1.82, 2.24) is 14.8 Å². The van der Waals surface area contributed by atoms with E-state index < -0.39 is 22.6 Å². The first-order chi connectivity index (χ1) is 13.2. The molecule has 0 spiro atoms. The van der Waals surface area contributed by atoms with E-state index in [0.29, 0.717) is 16.9 Å². The lowest BCUT2D eigenvalue weighted by atomic mass is 10.1. The van der Waals surface area contributed by atoms with Crippen LogP contribution in [-0.2, 0) is 14.8 Å². The zero-order valence-electron chi connectivity index (χ0n) is 15.2. The van der Waals surface area contributed by atoms with E-state index in [1.807, 2.05) is 6.92 Å². The minimum absolute atomic E-state index is 0.000677. The van der Waals surface area contributed by atoms with Crippen LogP contribution in [0.25, 0.3) is 5.69 Å². The second-order valence-electron chi connectivity index (χ2n) is 6.13. The summed E-state index contributed by atoms with van der Waals surface area (Å²) in [7, 11) is -3.78. The predicted molar refractivity (Wildman–Crippen MR) is 99.8 cm³/mol. The first-order valence-electron chi connectivity index (χ1n) is 8.20. The Balaban J connectivity index is 1.81. The first-order valence-corrected chi connectivity index (χ1v) is 9.75. The highest BCUT2D eigenvalue weighted by molar-refractivity contribution is 7.89. The van der Waals surface area contributed by atoms with E-state index in [9.17, 15) is 18.0 Å². The summed E-state index contributed by atoms with van der Waals surface area (Å²) in [5.74, 6) is -1.02. The van der Waals surface area contributed by atoms with Crippen molar-refractivity contribution < 1.29 is 22.7 Å². The molecule has 0 bridgehead atoms. The Morgan fingerprint density at radius 3 is 2.43 bits per heavy atom. The number of aryl methyl sites for hydroxylation is 1. The molecule has 0 radical (unpaired) electrons. The summed E-state index contributed by atoms with van der Waals surface area (Å²) in [6, 6.07) is 9.14. The SMILES string of the molecule is Cc1cc(C(=O)COC(=O)c2ccn[nH]2)c(C)n1-c1ccc(S(N)(=O)=O)cc1. The lowest BCUT2D eigenvalue weighted by Gasteiger charge is -2.10. The Bertz CT molecular complexity index is 1130. The third kappa shape index (κ3) is 3.87. The largest absolute Gasteiger partial charge is 0.453 e. The van der Waals surface area contributed by atoms with Gasteiger partial charge in [0.2, 0.25) is 15.8 Å². The summed E-state index contributed by atoms with van der Waals surface area (Å²) in [5, 5.41) is 11.2. The number of benzene rings is 1. The molecule has 0 aliphatic carbocycles. The van der Waals surface area contributed by atoms with E-state index in [4.69, 9.17) is 9.88 Å². The molecule has 0 saturated carbocycles. The number of sulfonamides is 1. The van der Waals surface area contributed by atoms with E-state index in [1.165, 1.54) is 24.4 Å². The third-order valence-electron chi connectivity index (χ3n) is 4.21. The number of aromatic amines is 1. The highest BCUT2D eigenvalue weighted by Crippen LogP contribution is 2.22. The van der Waals surface area contributed by atoms with Gasteiger partial charge in [-0.1, -0.05) is 0 Å². The molecular weight excluding hydrogens is 384 g/mol. The number of hydrogen-bond acceptors (Lipinski definition) is 6. The number of aromatic nitrogens is 3. The summed E-state index contributed by atoms with van der Waals surface area (Å²) in [5.41, 5.74) is 2.65. The molecule has 0 aliphatic heterocycles. The van der Waals surface area contributed by atoms with Crippen LogP contribution in [0, 0.1) is 13.8 Å². The highest BCUT2D eigenvalue weighted by Gasteiger charge is 2.19. The molecule has 0 atom stereocenters. The molecule has 3 N–H and O–H groups in total. The van der Waals surface area contributed by atoms with E-state index in [1.54, 1.807) is 29.7 Å². The van der Waals surface area contributed by atoms with Gasteiger partial charge in [-0.3, -0.25) is 9.89 Å². The van der Waals surface area contributed by atoms with Crippen LogP contribution >= 0.6 is 0 Å². The molecular formula is C18H18N4O5S. The summed E-state index contributed by atoms with van der Waals surface area (Å²) in [6.45, 7) is 3.16. The molecule has 2 aromatic heterocycles. The molecule has 10 heteroatoms. The minimum atomic E-state index is -3.78. The summed E-state index contributed by atoms with van der Waals surface area (Å²) in [6.07, 6.45) is 1.41. The van der Waals surface area contributed by atoms with E-state index in [0.717, 1.165) is 5.69 Å². The fraction of sp³-hybridized carbons (Fsp3) is 0.167. The van der Waals surface area contributed by atoms with Gasteiger partial charge in [0.1, 0.15) is 5.69 Å². The highest BCUT2D eigenvalue weighted by atomic mass is 32.2. The topological polar surface area (TPSA) is 137 Å². The third-order valence-corrected chi connectivity index (χ3v) is 5.14. The Hall–Kier alpha value is -3.24.